The molecule has 1 N–H and O–H groups in total. The topological polar surface area (TPSA) is 64.4 Å². The highest BCUT2D eigenvalue weighted by Crippen LogP contribution is 2.22. The second-order valence-electron chi connectivity index (χ2n) is 4.58. The van der Waals surface area contributed by atoms with Crippen LogP contribution in [0.15, 0.2) is 36.4 Å². The molecule has 0 fully saturated rings. The minimum atomic E-state index is -0.644. The van der Waals surface area contributed by atoms with Crippen LogP contribution in [0.2, 0.25) is 0 Å². The monoisotopic (exact) mass is 290 g/mol. The van der Waals surface area contributed by atoms with Gasteiger partial charge < -0.3 is 10.1 Å². The maximum atomic E-state index is 13.7. The summed E-state index contributed by atoms with van der Waals surface area (Å²) in [5.74, 6) is 0.148. The Hall–Kier alpha value is -2.63. The number of ether oxygens (including phenoxy) is 1. The number of nitrogens with zero attached hydrogens (tertiary/aromatic N) is 1. The average Bonchev–Trinajstić information content (AvgIpc) is 2.46. The lowest BCUT2D eigenvalue weighted by Gasteiger charge is -2.10. The molecule has 0 aliphatic heterocycles. The molecule has 0 saturated carbocycles. The number of methoxy groups -OCH3 is 1. The van der Waals surface area contributed by atoms with Crippen LogP contribution in [0.5, 0.6) is 5.75 Å². The number of rotatable bonds is 5. The van der Waals surface area contributed by atoms with Crippen molar-refractivity contribution in [1.82, 2.24) is 0 Å². The summed E-state index contributed by atoms with van der Waals surface area (Å²) in [7, 11) is 1.60. The second kappa shape index (κ2) is 6.21. The van der Waals surface area contributed by atoms with Crippen molar-refractivity contribution in [2.75, 3.05) is 12.4 Å². The number of nitro groups is 1. The highest BCUT2D eigenvalue weighted by atomic mass is 19.1. The van der Waals surface area contributed by atoms with Crippen molar-refractivity contribution < 1.29 is 14.1 Å². The molecule has 0 aliphatic carbocycles. The third-order valence-corrected chi connectivity index (χ3v) is 3.11. The SMILES string of the molecule is COc1ccc(CNc2ccc([N+](=O)[O-])cc2F)cc1C. The largest absolute Gasteiger partial charge is 0.496 e. The Morgan fingerprint density at radius 2 is 2.05 bits per heavy atom. The van der Waals surface area contributed by atoms with Gasteiger partial charge in [-0.2, -0.15) is 0 Å². The Bertz CT molecular complexity index is 674. The molecule has 6 heteroatoms. The molecule has 5 nitrogen and oxygen atoms in total. The molecule has 0 spiro atoms. The molecule has 0 radical (unpaired) electrons. The fraction of sp³-hybridized carbons (Fsp3) is 0.200. The molecular formula is C15H15FN2O3. The van der Waals surface area contributed by atoms with E-state index in [2.05, 4.69) is 5.32 Å². The van der Waals surface area contributed by atoms with Gasteiger partial charge in [-0.1, -0.05) is 12.1 Å². The Labute approximate surface area is 121 Å². The fourth-order valence-electron chi connectivity index (χ4n) is 2.01. The van der Waals surface area contributed by atoms with Gasteiger partial charge >= 0.3 is 0 Å². The van der Waals surface area contributed by atoms with Crippen LogP contribution >= 0.6 is 0 Å². The average molecular weight is 290 g/mol. The van der Waals surface area contributed by atoms with E-state index >= 15 is 0 Å². The number of benzene rings is 2. The third-order valence-electron chi connectivity index (χ3n) is 3.11. The number of halogens is 1. The van der Waals surface area contributed by atoms with Gasteiger partial charge in [0.2, 0.25) is 0 Å². The van der Waals surface area contributed by atoms with E-state index in [1.54, 1.807) is 7.11 Å². The van der Waals surface area contributed by atoms with Crippen molar-refractivity contribution in [3.05, 3.63) is 63.5 Å². The summed E-state index contributed by atoms with van der Waals surface area (Å²) < 4.78 is 18.9. The van der Waals surface area contributed by atoms with Crippen LogP contribution in [0.1, 0.15) is 11.1 Å². The van der Waals surface area contributed by atoms with E-state index in [1.807, 2.05) is 25.1 Å². The van der Waals surface area contributed by atoms with E-state index in [9.17, 15) is 14.5 Å². The van der Waals surface area contributed by atoms with Crippen molar-refractivity contribution in [2.24, 2.45) is 0 Å². The van der Waals surface area contributed by atoms with Crippen LogP contribution in [-0.2, 0) is 6.54 Å². The van der Waals surface area contributed by atoms with E-state index in [1.165, 1.54) is 12.1 Å². The van der Waals surface area contributed by atoms with Gasteiger partial charge in [0.15, 0.2) is 5.82 Å². The number of aryl methyl sites for hydroxylation is 1. The van der Waals surface area contributed by atoms with E-state index in [0.29, 0.717) is 6.54 Å². The van der Waals surface area contributed by atoms with E-state index in [-0.39, 0.29) is 11.4 Å². The lowest BCUT2D eigenvalue weighted by Crippen LogP contribution is -2.02. The summed E-state index contributed by atoms with van der Waals surface area (Å²) >= 11 is 0. The van der Waals surface area contributed by atoms with Crippen molar-refractivity contribution in [3.8, 4) is 5.75 Å². The third kappa shape index (κ3) is 3.47. The van der Waals surface area contributed by atoms with Gasteiger partial charge in [-0.25, -0.2) is 4.39 Å². The number of nitrogens with one attached hydrogen (secondary N) is 1. The van der Waals surface area contributed by atoms with Crippen LogP contribution < -0.4 is 10.1 Å². The van der Waals surface area contributed by atoms with Crippen molar-refractivity contribution >= 4 is 11.4 Å². The Kier molecular flexibility index (Phi) is 4.37. The molecule has 0 unspecified atom stereocenters. The first-order valence-electron chi connectivity index (χ1n) is 6.32. The highest BCUT2D eigenvalue weighted by molar-refractivity contribution is 5.50. The minimum Gasteiger partial charge on any atom is -0.496 e. The predicted molar refractivity (Wildman–Crippen MR) is 78.1 cm³/mol. The van der Waals surface area contributed by atoms with Crippen molar-refractivity contribution in [3.63, 3.8) is 0 Å². The first kappa shape index (κ1) is 14.8. The van der Waals surface area contributed by atoms with E-state index < -0.39 is 10.7 Å². The summed E-state index contributed by atoms with van der Waals surface area (Å²) in [4.78, 5) is 9.92. The molecule has 110 valence electrons. The molecule has 2 rings (SSSR count). The zero-order valence-corrected chi connectivity index (χ0v) is 11.7. The van der Waals surface area contributed by atoms with Crippen LogP contribution in [0, 0.1) is 22.9 Å². The fourth-order valence-corrected chi connectivity index (χ4v) is 2.01. The summed E-state index contributed by atoms with van der Waals surface area (Å²) in [6, 6.07) is 9.20. The first-order chi connectivity index (χ1) is 10.0. The number of hydrogen-bond donors (Lipinski definition) is 1. The summed E-state index contributed by atoms with van der Waals surface area (Å²) in [5, 5.41) is 13.5. The van der Waals surface area contributed by atoms with Crippen molar-refractivity contribution in [2.45, 2.75) is 13.5 Å². The van der Waals surface area contributed by atoms with Gasteiger partial charge in [-0.3, -0.25) is 10.1 Å². The molecule has 0 atom stereocenters. The van der Waals surface area contributed by atoms with Crippen molar-refractivity contribution in [1.29, 1.82) is 0 Å². The lowest BCUT2D eigenvalue weighted by atomic mass is 10.1. The Morgan fingerprint density at radius 3 is 2.62 bits per heavy atom. The van der Waals surface area contributed by atoms with Gasteiger partial charge in [0, 0.05) is 12.6 Å². The molecule has 0 aromatic heterocycles. The normalized spacial score (nSPS) is 10.2. The summed E-state index contributed by atoms with van der Waals surface area (Å²) in [5.41, 5.74) is 1.92. The van der Waals surface area contributed by atoms with E-state index in [4.69, 9.17) is 4.74 Å². The molecule has 0 saturated heterocycles. The van der Waals surface area contributed by atoms with Gasteiger partial charge in [0.05, 0.1) is 23.8 Å². The lowest BCUT2D eigenvalue weighted by molar-refractivity contribution is -0.385. The number of hydrogen-bond acceptors (Lipinski definition) is 4. The van der Waals surface area contributed by atoms with Crippen LogP contribution in [0.25, 0.3) is 0 Å². The van der Waals surface area contributed by atoms with Crippen LogP contribution in [0.4, 0.5) is 15.8 Å². The Morgan fingerprint density at radius 1 is 1.29 bits per heavy atom. The first-order valence-corrected chi connectivity index (χ1v) is 6.32. The molecule has 2 aromatic rings. The number of nitro benzene ring substituents is 1. The zero-order chi connectivity index (χ0) is 15.4. The van der Waals surface area contributed by atoms with Crippen LogP contribution in [-0.4, -0.2) is 12.0 Å². The summed E-state index contributed by atoms with van der Waals surface area (Å²) in [6.07, 6.45) is 0. The standard InChI is InChI=1S/C15H15FN2O3/c1-10-7-11(3-6-15(10)21-2)9-17-14-5-4-12(18(19)20)8-13(14)16/h3-8,17H,9H2,1-2H3. The maximum absolute atomic E-state index is 13.7. The van der Waals surface area contributed by atoms with Gasteiger partial charge in [-0.05, 0) is 30.2 Å². The maximum Gasteiger partial charge on any atom is 0.272 e. The molecule has 2 aromatic carbocycles. The molecular weight excluding hydrogens is 275 g/mol. The number of anilines is 1. The smallest absolute Gasteiger partial charge is 0.272 e. The molecule has 21 heavy (non-hydrogen) atoms. The quantitative estimate of drug-likeness (QED) is 0.674. The second-order valence-corrected chi connectivity index (χ2v) is 4.58. The van der Waals surface area contributed by atoms with Gasteiger partial charge in [0.1, 0.15) is 5.75 Å². The van der Waals surface area contributed by atoms with E-state index in [0.717, 1.165) is 22.9 Å². The minimum absolute atomic E-state index is 0.231. The highest BCUT2D eigenvalue weighted by Gasteiger charge is 2.10. The van der Waals surface area contributed by atoms with Gasteiger partial charge in [0.25, 0.3) is 5.69 Å². The molecule has 0 heterocycles. The zero-order valence-electron chi connectivity index (χ0n) is 11.7. The van der Waals surface area contributed by atoms with Gasteiger partial charge in [-0.15, -0.1) is 0 Å². The summed E-state index contributed by atoms with van der Waals surface area (Å²) in [6.45, 7) is 2.34. The Balaban J connectivity index is 2.09. The molecule has 0 aliphatic rings. The van der Waals surface area contributed by atoms with Crippen LogP contribution in [0.3, 0.4) is 0 Å². The predicted octanol–water partition coefficient (Wildman–Crippen LogP) is 3.66. The molecule has 0 bridgehead atoms. The number of non-ortho nitro benzene ring substituents is 1. The molecule has 0 amide bonds.